The molecule has 0 radical (unpaired) electrons. The molecule has 1 aliphatic heterocycles. The fraction of sp³-hybridized carbons (Fsp3) is 0.364. The van der Waals surface area contributed by atoms with Crippen LogP contribution in [0.3, 0.4) is 0 Å². The number of carbonyl (C=O) groups excluding carboxylic acids is 1. The number of fused-ring (bicyclic) bond motifs is 1. The van der Waals surface area contributed by atoms with E-state index in [0.717, 1.165) is 36.2 Å². The van der Waals surface area contributed by atoms with Gasteiger partial charge in [-0.25, -0.2) is 15.0 Å². The first-order valence-electron chi connectivity index (χ1n) is 10.6. The summed E-state index contributed by atoms with van der Waals surface area (Å²) in [5, 5.41) is 6.72. The van der Waals surface area contributed by atoms with Crippen molar-refractivity contribution in [3.8, 4) is 0 Å². The maximum absolute atomic E-state index is 12.9. The van der Waals surface area contributed by atoms with E-state index in [4.69, 9.17) is 16.6 Å². The van der Waals surface area contributed by atoms with Crippen LogP contribution in [-0.2, 0) is 13.1 Å². The van der Waals surface area contributed by atoms with Crippen LogP contribution in [0, 0.1) is 18.8 Å². The smallest absolute Gasteiger partial charge is 0.256 e. The minimum Gasteiger partial charge on any atom is -0.365 e. The van der Waals surface area contributed by atoms with Gasteiger partial charge in [-0.2, -0.15) is 4.98 Å². The molecule has 5 rings (SSSR count). The zero-order valence-electron chi connectivity index (χ0n) is 17.6. The number of aryl methyl sites for hydroxylation is 1. The second-order valence-electron chi connectivity index (χ2n) is 8.21. The summed E-state index contributed by atoms with van der Waals surface area (Å²) in [7, 11) is 0. The van der Waals surface area contributed by atoms with Gasteiger partial charge in [-0.05, 0) is 42.9 Å². The van der Waals surface area contributed by atoms with Gasteiger partial charge in [0.15, 0.2) is 0 Å². The molecule has 0 bridgehead atoms. The SMILES string of the molecule is Cc1ncc(CNc2nc(N3CC4CC4C3)ncc2C(=O)NCc2ncccn2)cc1Cl. The quantitative estimate of drug-likeness (QED) is 0.565. The van der Waals surface area contributed by atoms with Crippen molar-refractivity contribution in [3.05, 3.63) is 64.6 Å². The number of carbonyl (C=O) groups is 1. The lowest BCUT2D eigenvalue weighted by atomic mass is 10.2. The number of hydrogen-bond acceptors (Lipinski definition) is 8. The molecule has 10 heteroatoms. The third-order valence-corrected chi connectivity index (χ3v) is 6.23. The Bertz CT molecular complexity index is 1130. The Kier molecular flexibility index (Phi) is 5.57. The number of nitrogens with one attached hydrogen (secondary N) is 2. The molecule has 1 saturated carbocycles. The molecule has 3 aromatic heterocycles. The minimum absolute atomic E-state index is 0.216. The summed E-state index contributed by atoms with van der Waals surface area (Å²) >= 11 is 6.21. The average molecular weight is 451 g/mol. The van der Waals surface area contributed by atoms with Crippen LogP contribution in [0.2, 0.25) is 5.02 Å². The van der Waals surface area contributed by atoms with Crippen molar-refractivity contribution >= 4 is 29.3 Å². The van der Waals surface area contributed by atoms with Crippen LogP contribution in [-0.4, -0.2) is 43.9 Å². The van der Waals surface area contributed by atoms with Crippen LogP contribution < -0.4 is 15.5 Å². The summed E-state index contributed by atoms with van der Waals surface area (Å²) in [4.78, 5) is 36.8. The third-order valence-electron chi connectivity index (χ3n) is 5.85. The van der Waals surface area contributed by atoms with Crippen LogP contribution in [0.1, 0.15) is 33.9 Å². The van der Waals surface area contributed by atoms with Gasteiger partial charge >= 0.3 is 0 Å². The predicted molar refractivity (Wildman–Crippen MR) is 120 cm³/mol. The molecule has 3 aromatic rings. The van der Waals surface area contributed by atoms with Gasteiger partial charge in [0.2, 0.25) is 5.95 Å². The molecule has 32 heavy (non-hydrogen) atoms. The highest BCUT2D eigenvalue weighted by Crippen LogP contribution is 2.45. The number of rotatable bonds is 7. The Labute approximate surface area is 190 Å². The fourth-order valence-corrected chi connectivity index (χ4v) is 4.08. The van der Waals surface area contributed by atoms with Crippen molar-refractivity contribution in [2.45, 2.75) is 26.4 Å². The molecular weight excluding hydrogens is 428 g/mol. The molecular formula is C22H23ClN8O. The van der Waals surface area contributed by atoms with E-state index < -0.39 is 0 Å². The molecule has 1 aliphatic carbocycles. The lowest BCUT2D eigenvalue weighted by Crippen LogP contribution is -2.28. The van der Waals surface area contributed by atoms with Crippen molar-refractivity contribution in [1.82, 2.24) is 30.2 Å². The van der Waals surface area contributed by atoms with E-state index in [2.05, 4.69) is 35.5 Å². The molecule has 4 heterocycles. The molecule has 2 aliphatic rings. The van der Waals surface area contributed by atoms with Gasteiger partial charge < -0.3 is 15.5 Å². The van der Waals surface area contributed by atoms with Gasteiger partial charge in [-0.1, -0.05) is 11.6 Å². The summed E-state index contributed by atoms with van der Waals surface area (Å²) in [6.07, 6.45) is 7.92. The topological polar surface area (TPSA) is 109 Å². The first kappa shape index (κ1) is 20.6. The van der Waals surface area contributed by atoms with Crippen molar-refractivity contribution in [2.24, 2.45) is 11.8 Å². The monoisotopic (exact) mass is 450 g/mol. The normalized spacial score (nSPS) is 18.9. The molecule has 2 N–H and O–H groups in total. The molecule has 1 amide bonds. The maximum Gasteiger partial charge on any atom is 0.256 e. The van der Waals surface area contributed by atoms with Gasteiger partial charge in [-0.3, -0.25) is 9.78 Å². The van der Waals surface area contributed by atoms with Crippen LogP contribution in [0.15, 0.2) is 36.9 Å². The fourth-order valence-electron chi connectivity index (χ4n) is 3.89. The van der Waals surface area contributed by atoms with E-state index in [1.807, 2.05) is 13.0 Å². The summed E-state index contributed by atoms with van der Waals surface area (Å²) in [5.41, 5.74) is 2.03. The highest BCUT2D eigenvalue weighted by atomic mass is 35.5. The molecule has 2 atom stereocenters. The molecule has 164 valence electrons. The van der Waals surface area contributed by atoms with Gasteiger partial charge in [0.25, 0.3) is 5.91 Å². The second kappa shape index (κ2) is 8.66. The highest BCUT2D eigenvalue weighted by molar-refractivity contribution is 6.31. The first-order chi connectivity index (χ1) is 15.6. The number of halogens is 1. The van der Waals surface area contributed by atoms with E-state index >= 15 is 0 Å². The summed E-state index contributed by atoms with van der Waals surface area (Å²) in [5.74, 6) is 2.86. The minimum atomic E-state index is -0.296. The van der Waals surface area contributed by atoms with Gasteiger partial charge in [0.1, 0.15) is 17.2 Å². The summed E-state index contributed by atoms with van der Waals surface area (Å²) in [6.45, 7) is 4.44. The summed E-state index contributed by atoms with van der Waals surface area (Å²) in [6, 6.07) is 3.59. The van der Waals surface area contributed by atoms with Crippen LogP contribution in [0.4, 0.5) is 11.8 Å². The number of anilines is 2. The zero-order chi connectivity index (χ0) is 22.1. The Balaban J connectivity index is 1.35. The number of pyridine rings is 1. The Morgan fingerprint density at radius 1 is 1.12 bits per heavy atom. The number of nitrogens with zero attached hydrogens (tertiary/aromatic N) is 6. The largest absolute Gasteiger partial charge is 0.365 e. The molecule has 0 spiro atoms. The van der Waals surface area contributed by atoms with Gasteiger partial charge in [0.05, 0.1) is 17.3 Å². The first-order valence-corrected chi connectivity index (χ1v) is 11.0. The number of aromatic nitrogens is 5. The van der Waals surface area contributed by atoms with Crippen LogP contribution >= 0.6 is 11.6 Å². The van der Waals surface area contributed by atoms with Crippen molar-refractivity contribution in [3.63, 3.8) is 0 Å². The van der Waals surface area contributed by atoms with E-state index in [0.29, 0.717) is 34.7 Å². The Hall–Kier alpha value is -3.33. The lowest BCUT2D eigenvalue weighted by molar-refractivity contribution is 0.0950. The zero-order valence-corrected chi connectivity index (χ0v) is 18.4. The lowest BCUT2D eigenvalue weighted by Gasteiger charge is -2.20. The number of amides is 1. The van der Waals surface area contributed by atoms with Crippen molar-refractivity contribution in [2.75, 3.05) is 23.3 Å². The molecule has 1 saturated heterocycles. The average Bonchev–Trinajstić information content (AvgIpc) is 3.43. The molecule has 2 fully saturated rings. The predicted octanol–water partition coefficient (Wildman–Crippen LogP) is 2.62. The van der Waals surface area contributed by atoms with Gasteiger partial charge in [0, 0.05) is 44.4 Å². The second-order valence-corrected chi connectivity index (χ2v) is 8.61. The van der Waals surface area contributed by atoms with E-state index in [1.165, 1.54) is 6.42 Å². The Morgan fingerprint density at radius 3 is 2.66 bits per heavy atom. The Morgan fingerprint density at radius 2 is 1.91 bits per heavy atom. The summed E-state index contributed by atoms with van der Waals surface area (Å²) < 4.78 is 0. The van der Waals surface area contributed by atoms with E-state index in [-0.39, 0.29) is 12.5 Å². The molecule has 0 aromatic carbocycles. The van der Waals surface area contributed by atoms with Crippen molar-refractivity contribution in [1.29, 1.82) is 0 Å². The van der Waals surface area contributed by atoms with Crippen LogP contribution in [0.25, 0.3) is 0 Å². The van der Waals surface area contributed by atoms with E-state index in [1.54, 1.807) is 30.9 Å². The maximum atomic E-state index is 12.9. The highest BCUT2D eigenvalue weighted by Gasteiger charge is 2.45. The van der Waals surface area contributed by atoms with E-state index in [9.17, 15) is 4.79 Å². The number of hydrogen-bond donors (Lipinski definition) is 2. The van der Waals surface area contributed by atoms with Crippen LogP contribution in [0.5, 0.6) is 0 Å². The third kappa shape index (κ3) is 4.47. The molecule has 2 unspecified atom stereocenters. The number of piperidine rings is 1. The van der Waals surface area contributed by atoms with Gasteiger partial charge in [-0.15, -0.1) is 0 Å². The standard InChI is InChI=1S/C22H23ClN8O/c1-13-18(23)5-14(7-26-13)8-27-20-17(21(32)28-10-19-24-3-2-4-25-19)9-29-22(30-20)31-11-15-6-16(15)12-31/h2-5,7,9,15-16H,6,8,10-12H2,1H3,(H,28,32)(H,27,29,30). The molecule has 9 nitrogen and oxygen atoms in total. The van der Waals surface area contributed by atoms with Crippen molar-refractivity contribution < 1.29 is 4.79 Å².